The number of allylic oxidation sites excluding steroid dienone is 1. The Morgan fingerprint density at radius 3 is 2.03 bits per heavy atom. The predicted molar refractivity (Wildman–Crippen MR) is 146 cm³/mol. The van der Waals surface area contributed by atoms with Crippen LogP contribution < -0.4 is 11.1 Å². The van der Waals surface area contributed by atoms with E-state index >= 15 is 0 Å². The van der Waals surface area contributed by atoms with Gasteiger partial charge in [-0.1, -0.05) is 36.4 Å². The first-order valence-electron chi connectivity index (χ1n) is 11.7. The van der Waals surface area contributed by atoms with Gasteiger partial charge in [0.05, 0.1) is 27.4 Å². The number of hydrogen-bond acceptors (Lipinski definition) is 7. The predicted octanol–water partition coefficient (Wildman–Crippen LogP) is 6.14. The number of ether oxygens (including phenoxy) is 1. The van der Waals surface area contributed by atoms with Gasteiger partial charge in [-0.15, -0.1) is 0 Å². The van der Waals surface area contributed by atoms with E-state index in [1.165, 1.54) is 12.1 Å². The number of aliphatic imine (C=N–C) groups is 1. The van der Waals surface area contributed by atoms with Crippen LogP contribution in [0.1, 0.15) is 11.1 Å². The standard InChI is InChI=1S/C29H21N5O3/c30-29-33-26(18-11-15-21(16-12-18)34(35)36)17-27(37-29)19-9-13-20(14-10-19)31-28-22-5-1-3-7-24(22)32-25-8-4-2-6-23(25)28/h1-17,29H,30H2,(H,31,32). The van der Waals surface area contributed by atoms with Crippen molar-refractivity contribution in [2.75, 3.05) is 5.32 Å². The molecule has 0 spiro atoms. The molecule has 0 amide bonds. The Bertz CT molecular complexity index is 1660. The number of rotatable bonds is 5. The molecule has 0 radical (unpaired) electrons. The van der Waals surface area contributed by atoms with Gasteiger partial charge in [0.2, 0.25) is 6.35 Å². The summed E-state index contributed by atoms with van der Waals surface area (Å²) in [6, 6.07) is 30.2. The van der Waals surface area contributed by atoms with E-state index in [2.05, 4.69) is 22.4 Å². The van der Waals surface area contributed by atoms with Gasteiger partial charge in [0.15, 0.2) is 0 Å². The van der Waals surface area contributed by atoms with Crippen LogP contribution in [-0.4, -0.2) is 22.0 Å². The van der Waals surface area contributed by atoms with Crippen LogP contribution in [0.2, 0.25) is 0 Å². The molecule has 1 atom stereocenters. The van der Waals surface area contributed by atoms with Crippen molar-refractivity contribution in [3.05, 3.63) is 124 Å². The molecule has 0 saturated heterocycles. The molecule has 1 aliphatic rings. The van der Waals surface area contributed by atoms with Gasteiger partial charge in [-0.3, -0.25) is 15.8 Å². The van der Waals surface area contributed by atoms with Crippen LogP contribution >= 0.6 is 0 Å². The normalized spacial score (nSPS) is 15.1. The highest BCUT2D eigenvalue weighted by molar-refractivity contribution is 6.12. The van der Waals surface area contributed by atoms with E-state index in [9.17, 15) is 10.1 Å². The zero-order chi connectivity index (χ0) is 25.4. The zero-order valence-corrected chi connectivity index (χ0v) is 19.5. The van der Waals surface area contributed by atoms with Gasteiger partial charge < -0.3 is 10.1 Å². The average Bonchev–Trinajstić information content (AvgIpc) is 2.93. The van der Waals surface area contributed by atoms with Crippen LogP contribution in [0, 0.1) is 10.1 Å². The SMILES string of the molecule is NC1N=C(c2ccc([N+](=O)[O-])cc2)C=C(c2ccc(Nc3c4ccccc4nc4ccccc34)cc2)O1. The van der Waals surface area contributed by atoms with Gasteiger partial charge in [0.25, 0.3) is 5.69 Å². The molecule has 3 N–H and O–H groups in total. The minimum Gasteiger partial charge on any atom is -0.455 e. The van der Waals surface area contributed by atoms with Gasteiger partial charge >= 0.3 is 0 Å². The van der Waals surface area contributed by atoms with Crippen LogP contribution in [0.3, 0.4) is 0 Å². The first kappa shape index (κ1) is 22.4. The number of nitro benzene ring substituents is 1. The Hall–Kier alpha value is -5.08. The number of aromatic nitrogens is 1. The van der Waals surface area contributed by atoms with Gasteiger partial charge in [0.1, 0.15) is 5.76 Å². The van der Waals surface area contributed by atoms with Crippen molar-refractivity contribution in [2.45, 2.75) is 6.35 Å². The van der Waals surface area contributed by atoms with Crippen molar-refractivity contribution < 1.29 is 9.66 Å². The van der Waals surface area contributed by atoms with E-state index in [1.54, 1.807) is 18.2 Å². The first-order chi connectivity index (χ1) is 18.0. The molecular formula is C29H21N5O3. The number of non-ortho nitro benzene ring substituents is 1. The molecule has 1 unspecified atom stereocenters. The van der Waals surface area contributed by atoms with Crippen molar-refractivity contribution in [1.29, 1.82) is 0 Å². The van der Waals surface area contributed by atoms with Crippen molar-refractivity contribution in [1.82, 2.24) is 4.98 Å². The lowest BCUT2D eigenvalue weighted by Gasteiger charge is -2.20. The third-order valence-corrected chi connectivity index (χ3v) is 6.18. The maximum absolute atomic E-state index is 11.0. The summed E-state index contributed by atoms with van der Waals surface area (Å²) in [6.45, 7) is 0. The molecule has 0 aliphatic carbocycles. The highest BCUT2D eigenvalue weighted by Gasteiger charge is 2.18. The van der Waals surface area contributed by atoms with Crippen LogP contribution in [0.25, 0.3) is 27.6 Å². The quantitative estimate of drug-likeness (QED) is 0.175. The number of fused-ring (bicyclic) bond motifs is 2. The van der Waals surface area contributed by atoms with Crippen molar-refractivity contribution >= 4 is 50.3 Å². The van der Waals surface area contributed by atoms with Gasteiger partial charge in [0, 0.05) is 45.8 Å². The fourth-order valence-electron chi connectivity index (χ4n) is 4.39. The summed E-state index contributed by atoms with van der Waals surface area (Å²) < 4.78 is 5.77. The summed E-state index contributed by atoms with van der Waals surface area (Å²) in [7, 11) is 0. The van der Waals surface area contributed by atoms with Crippen LogP contribution in [0.5, 0.6) is 0 Å². The topological polar surface area (TPSA) is 116 Å². The number of pyridine rings is 1. The summed E-state index contributed by atoms with van der Waals surface area (Å²) in [5.74, 6) is 0.571. The molecule has 8 nitrogen and oxygen atoms in total. The van der Waals surface area contributed by atoms with Crippen molar-refractivity contribution in [3.63, 3.8) is 0 Å². The van der Waals surface area contributed by atoms with E-state index in [0.717, 1.165) is 44.3 Å². The third-order valence-electron chi connectivity index (χ3n) is 6.18. The molecule has 0 fully saturated rings. The smallest absolute Gasteiger partial charge is 0.269 e. The second kappa shape index (κ2) is 9.18. The molecule has 6 rings (SSSR count). The number of anilines is 2. The number of nitrogens with zero attached hydrogens (tertiary/aromatic N) is 3. The Kier molecular flexibility index (Phi) is 5.55. The molecule has 4 aromatic carbocycles. The van der Waals surface area contributed by atoms with E-state index in [4.69, 9.17) is 15.5 Å². The molecule has 5 aromatic rings. The lowest BCUT2D eigenvalue weighted by molar-refractivity contribution is -0.384. The van der Waals surface area contributed by atoms with E-state index in [1.807, 2.05) is 60.7 Å². The first-order valence-corrected chi connectivity index (χ1v) is 11.7. The zero-order valence-electron chi connectivity index (χ0n) is 19.5. The van der Waals surface area contributed by atoms with Gasteiger partial charge in [-0.25, -0.2) is 9.98 Å². The largest absolute Gasteiger partial charge is 0.455 e. The lowest BCUT2D eigenvalue weighted by atomic mass is 10.0. The summed E-state index contributed by atoms with van der Waals surface area (Å²) in [6.07, 6.45) is 0.911. The second-order valence-electron chi connectivity index (χ2n) is 8.56. The molecule has 2 heterocycles. The molecule has 180 valence electrons. The number of benzene rings is 4. The summed E-state index contributed by atoms with van der Waals surface area (Å²) >= 11 is 0. The fraction of sp³-hybridized carbons (Fsp3) is 0.0345. The van der Waals surface area contributed by atoms with Gasteiger partial charge in [-0.05, 0) is 48.5 Å². The van der Waals surface area contributed by atoms with Crippen LogP contribution in [-0.2, 0) is 4.74 Å². The fourth-order valence-corrected chi connectivity index (χ4v) is 4.39. The highest BCUT2D eigenvalue weighted by Crippen LogP contribution is 2.33. The maximum Gasteiger partial charge on any atom is 0.269 e. The molecule has 8 heteroatoms. The summed E-state index contributed by atoms with van der Waals surface area (Å²) in [5, 5.41) is 16.6. The molecule has 1 aliphatic heterocycles. The van der Waals surface area contributed by atoms with Gasteiger partial charge in [-0.2, -0.15) is 0 Å². The monoisotopic (exact) mass is 487 g/mol. The summed E-state index contributed by atoms with van der Waals surface area (Å²) in [4.78, 5) is 19.7. The van der Waals surface area contributed by atoms with E-state index < -0.39 is 11.3 Å². The minimum atomic E-state index is -0.877. The molecule has 37 heavy (non-hydrogen) atoms. The van der Waals surface area contributed by atoms with E-state index in [0.29, 0.717) is 11.5 Å². The number of nitro groups is 1. The Labute approximate surface area is 211 Å². The molecule has 0 bridgehead atoms. The Morgan fingerprint density at radius 1 is 0.811 bits per heavy atom. The molecule has 0 saturated carbocycles. The third kappa shape index (κ3) is 4.37. The van der Waals surface area contributed by atoms with Crippen molar-refractivity contribution in [3.8, 4) is 0 Å². The van der Waals surface area contributed by atoms with Crippen LogP contribution in [0.15, 0.2) is 108 Å². The Morgan fingerprint density at radius 2 is 1.41 bits per heavy atom. The van der Waals surface area contributed by atoms with E-state index in [-0.39, 0.29) is 5.69 Å². The average molecular weight is 488 g/mol. The van der Waals surface area contributed by atoms with Crippen molar-refractivity contribution in [2.24, 2.45) is 10.7 Å². The van der Waals surface area contributed by atoms with Crippen LogP contribution in [0.4, 0.5) is 17.1 Å². The number of para-hydroxylation sites is 2. The number of nitrogens with one attached hydrogen (secondary N) is 1. The molecular weight excluding hydrogens is 466 g/mol. The minimum absolute atomic E-state index is 0.0164. The lowest BCUT2D eigenvalue weighted by Crippen LogP contribution is -2.26. The number of nitrogens with two attached hydrogens (primary N) is 1. The second-order valence-corrected chi connectivity index (χ2v) is 8.56. The Balaban J connectivity index is 1.31. The summed E-state index contributed by atoms with van der Waals surface area (Å²) in [5.41, 5.74) is 12.0. The number of hydrogen-bond donors (Lipinski definition) is 2. The molecule has 1 aromatic heterocycles. The highest BCUT2D eigenvalue weighted by atomic mass is 16.6. The maximum atomic E-state index is 11.0.